The van der Waals surface area contributed by atoms with E-state index in [1.165, 1.54) is 6.21 Å². The van der Waals surface area contributed by atoms with Crippen molar-refractivity contribution in [2.45, 2.75) is 25.3 Å². The van der Waals surface area contributed by atoms with Gasteiger partial charge >= 0.3 is 0 Å². The van der Waals surface area contributed by atoms with E-state index in [-0.39, 0.29) is 5.91 Å². The Bertz CT molecular complexity index is 718. The zero-order valence-electron chi connectivity index (χ0n) is 13.5. The second-order valence-corrected chi connectivity index (χ2v) is 6.33. The number of carbonyl (C=O) groups is 1. The molecule has 2 aromatic rings. The highest BCUT2D eigenvalue weighted by Crippen LogP contribution is 2.22. The van der Waals surface area contributed by atoms with Crippen LogP contribution in [0.3, 0.4) is 0 Å². The second-order valence-electron chi connectivity index (χ2n) is 6.33. The molecule has 0 aromatic heterocycles. The fourth-order valence-corrected chi connectivity index (χ4v) is 3.27. The average Bonchev–Trinajstić information content (AvgIpc) is 2.57. The maximum Gasteiger partial charge on any atom is 0.224 e. The number of carbonyl (C=O) groups excluding carboxylic acids is 1. The Kier molecular flexibility index (Phi) is 4.72. The SMILES string of the molecule is CN1CCC(NC(=O)Cc2ccc(C=N)c3ccccc23)CC1. The first-order valence-electron chi connectivity index (χ1n) is 8.16. The Labute approximate surface area is 137 Å². The van der Waals surface area contributed by atoms with Gasteiger partial charge in [-0.05, 0) is 54.9 Å². The number of piperidine rings is 1. The molecule has 2 N–H and O–H groups in total. The molecule has 0 radical (unpaired) electrons. The topological polar surface area (TPSA) is 56.2 Å². The smallest absolute Gasteiger partial charge is 0.224 e. The van der Waals surface area contributed by atoms with E-state index in [0.717, 1.165) is 47.8 Å². The summed E-state index contributed by atoms with van der Waals surface area (Å²) in [5.41, 5.74) is 1.91. The van der Waals surface area contributed by atoms with Crippen molar-refractivity contribution in [3.05, 3.63) is 47.5 Å². The van der Waals surface area contributed by atoms with Crippen LogP contribution in [0.2, 0.25) is 0 Å². The third-order valence-corrected chi connectivity index (χ3v) is 4.64. The van der Waals surface area contributed by atoms with Crippen LogP contribution in [0, 0.1) is 5.41 Å². The first kappa shape index (κ1) is 15.7. The van der Waals surface area contributed by atoms with Gasteiger partial charge in [0.2, 0.25) is 5.91 Å². The molecule has 0 aliphatic carbocycles. The summed E-state index contributed by atoms with van der Waals surface area (Å²) in [6, 6.07) is 12.2. The predicted octanol–water partition coefficient (Wildman–Crippen LogP) is 2.59. The van der Waals surface area contributed by atoms with Crippen molar-refractivity contribution in [2.75, 3.05) is 20.1 Å². The molecule has 0 atom stereocenters. The zero-order valence-corrected chi connectivity index (χ0v) is 13.5. The fourth-order valence-electron chi connectivity index (χ4n) is 3.27. The van der Waals surface area contributed by atoms with E-state index in [2.05, 4.69) is 17.3 Å². The molecule has 23 heavy (non-hydrogen) atoms. The van der Waals surface area contributed by atoms with Crippen LogP contribution in [0.4, 0.5) is 0 Å². The number of amides is 1. The van der Waals surface area contributed by atoms with Gasteiger partial charge in [0, 0.05) is 12.3 Å². The molecule has 0 spiro atoms. The van der Waals surface area contributed by atoms with Gasteiger partial charge in [-0.25, -0.2) is 0 Å². The van der Waals surface area contributed by atoms with Crippen molar-refractivity contribution in [3.63, 3.8) is 0 Å². The van der Waals surface area contributed by atoms with Gasteiger partial charge in [-0.15, -0.1) is 0 Å². The lowest BCUT2D eigenvalue weighted by Gasteiger charge is -2.29. The Morgan fingerprint density at radius 2 is 1.91 bits per heavy atom. The van der Waals surface area contributed by atoms with Crippen LogP contribution in [0.5, 0.6) is 0 Å². The zero-order chi connectivity index (χ0) is 16.2. The molecular weight excluding hydrogens is 286 g/mol. The third kappa shape index (κ3) is 3.59. The number of benzene rings is 2. The largest absolute Gasteiger partial charge is 0.353 e. The van der Waals surface area contributed by atoms with E-state index < -0.39 is 0 Å². The molecule has 0 unspecified atom stereocenters. The summed E-state index contributed by atoms with van der Waals surface area (Å²) in [6.07, 6.45) is 3.81. The maximum absolute atomic E-state index is 12.4. The minimum Gasteiger partial charge on any atom is -0.353 e. The molecule has 1 aliphatic heterocycles. The molecular formula is C19H23N3O. The Morgan fingerprint density at radius 1 is 1.22 bits per heavy atom. The van der Waals surface area contributed by atoms with E-state index in [1.807, 2.05) is 36.4 Å². The van der Waals surface area contributed by atoms with Crippen LogP contribution in [-0.2, 0) is 11.2 Å². The maximum atomic E-state index is 12.4. The monoisotopic (exact) mass is 309 g/mol. The van der Waals surface area contributed by atoms with Crippen molar-refractivity contribution < 1.29 is 4.79 Å². The number of nitrogens with one attached hydrogen (secondary N) is 2. The molecule has 1 fully saturated rings. The Balaban J connectivity index is 1.74. The average molecular weight is 309 g/mol. The van der Waals surface area contributed by atoms with Crippen molar-refractivity contribution >= 4 is 22.9 Å². The fraction of sp³-hybridized carbons (Fsp3) is 0.368. The summed E-state index contributed by atoms with van der Waals surface area (Å²) in [5.74, 6) is 0.0901. The van der Waals surface area contributed by atoms with Crippen LogP contribution in [0.1, 0.15) is 24.0 Å². The highest BCUT2D eigenvalue weighted by atomic mass is 16.1. The van der Waals surface area contributed by atoms with E-state index in [9.17, 15) is 4.79 Å². The summed E-state index contributed by atoms with van der Waals surface area (Å²) < 4.78 is 0. The number of hydrogen-bond donors (Lipinski definition) is 2. The number of fused-ring (bicyclic) bond motifs is 1. The lowest BCUT2D eigenvalue weighted by Crippen LogP contribution is -2.43. The molecule has 4 heteroatoms. The second kappa shape index (κ2) is 6.92. The molecule has 0 bridgehead atoms. The van der Waals surface area contributed by atoms with Crippen LogP contribution in [-0.4, -0.2) is 43.2 Å². The third-order valence-electron chi connectivity index (χ3n) is 4.64. The molecule has 3 rings (SSSR count). The molecule has 1 saturated heterocycles. The van der Waals surface area contributed by atoms with Crippen LogP contribution < -0.4 is 5.32 Å². The van der Waals surface area contributed by atoms with Crippen LogP contribution >= 0.6 is 0 Å². The van der Waals surface area contributed by atoms with Crippen LogP contribution in [0.15, 0.2) is 36.4 Å². The minimum atomic E-state index is 0.0901. The highest BCUT2D eigenvalue weighted by Gasteiger charge is 2.18. The first-order chi connectivity index (χ1) is 11.2. The van der Waals surface area contributed by atoms with Gasteiger partial charge in [0.1, 0.15) is 0 Å². The predicted molar refractivity (Wildman–Crippen MR) is 94.2 cm³/mol. The standard InChI is InChI=1S/C19H23N3O/c1-22-10-8-16(9-11-22)21-19(23)12-14-6-7-15(13-20)18-5-3-2-4-17(14)18/h2-7,13,16,20H,8-12H2,1H3,(H,21,23). The van der Waals surface area contributed by atoms with Gasteiger partial charge in [-0.1, -0.05) is 36.4 Å². The van der Waals surface area contributed by atoms with Gasteiger partial charge in [0.25, 0.3) is 0 Å². The summed E-state index contributed by atoms with van der Waals surface area (Å²) in [7, 11) is 2.12. The van der Waals surface area contributed by atoms with Crippen molar-refractivity contribution in [3.8, 4) is 0 Å². The molecule has 1 aliphatic rings. The van der Waals surface area contributed by atoms with Crippen molar-refractivity contribution in [1.82, 2.24) is 10.2 Å². The molecule has 120 valence electrons. The van der Waals surface area contributed by atoms with Crippen LogP contribution in [0.25, 0.3) is 10.8 Å². The minimum absolute atomic E-state index is 0.0901. The lowest BCUT2D eigenvalue weighted by molar-refractivity contribution is -0.121. The highest BCUT2D eigenvalue weighted by molar-refractivity contribution is 6.01. The first-order valence-corrected chi connectivity index (χ1v) is 8.16. The van der Waals surface area contributed by atoms with E-state index in [0.29, 0.717) is 12.5 Å². The van der Waals surface area contributed by atoms with Gasteiger partial charge in [-0.2, -0.15) is 0 Å². The van der Waals surface area contributed by atoms with E-state index in [1.54, 1.807) is 0 Å². The van der Waals surface area contributed by atoms with Crippen molar-refractivity contribution in [2.24, 2.45) is 0 Å². The number of rotatable bonds is 4. The summed E-state index contributed by atoms with van der Waals surface area (Å²) in [6.45, 7) is 2.09. The molecule has 2 aromatic carbocycles. The quantitative estimate of drug-likeness (QED) is 0.853. The number of hydrogen-bond acceptors (Lipinski definition) is 3. The summed E-state index contributed by atoms with van der Waals surface area (Å²) in [4.78, 5) is 14.7. The normalized spacial score (nSPS) is 16.4. The molecule has 0 saturated carbocycles. The molecule has 1 heterocycles. The number of likely N-dealkylation sites (tertiary alicyclic amines) is 1. The Hall–Kier alpha value is -2.20. The van der Waals surface area contributed by atoms with E-state index in [4.69, 9.17) is 5.41 Å². The summed E-state index contributed by atoms with van der Waals surface area (Å²) >= 11 is 0. The van der Waals surface area contributed by atoms with Gasteiger partial charge in [0.05, 0.1) is 6.42 Å². The number of nitrogens with zero attached hydrogens (tertiary/aromatic N) is 1. The van der Waals surface area contributed by atoms with Gasteiger partial charge < -0.3 is 15.6 Å². The van der Waals surface area contributed by atoms with E-state index >= 15 is 0 Å². The summed E-state index contributed by atoms with van der Waals surface area (Å²) in [5, 5.41) is 12.8. The van der Waals surface area contributed by atoms with Gasteiger partial charge in [-0.3, -0.25) is 4.79 Å². The Morgan fingerprint density at radius 3 is 2.61 bits per heavy atom. The molecule has 4 nitrogen and oxygen atoms in total. The lowest BCUT2D eigenvalue weighted by atomic mass is 9.97. The van der Waals surface area contributed by atoms with Gasteiger partial charge in [0.15, 0.2) is 0 Å². The van der Waals surface area contributed by atoms with Crippen molar-refractivity contribution in [1.29, 1.82) is 5.41 Å². The molecule has 1 amide bonds.